The van der Waals surface area contributed by atoms with Crippen LogP contribution >= 0.6 is 0 Å². The van der Waals surface area contributed by atoms with E-state index in [1.165, 1.54) is 0 Å². The van der Waals surface area contributed by atoms with E-state index in [0.29, 0.717) is 0 Å². The van der Waals surface area contributed by atoms with Crippen molar-refractivity contribution in [3.63, 3.8) is 0 Å². The molecule has 0 N–H and O–H groups in total. The molecule has 4 unspecified atom stereocenters. The normalized spacial score (nSPS) is 17.7. The molecule has 0 rings (SSSR count). The molecule has 23 heavy (non-hydrogen) atoms. The van der Waals surface area contributed by atoms with E-state index in [9.17, 15) is 0 Å². The third-order valence-electron chi connectivity index (χ3n) is 4.80. The molecule has 103 valence electrons. The topological polar surface area (TPSA) is 0 Å². The van der Waals surface area contributed by atoms with Crippen molar-refractivity contribution in [2.24, 2.45) is 10.8 Å². The second kappa shape index (κ2) is 8.89. The summed E-state index contributed by atoms with van der Waals surface area (Å²) in [5.41, 5.74) is -0.373. The lowest BCUT2D eigenvalue weighted by molar-refractivity contribution is 0.317. The number of hydrogen-bond donors (Lipinski definition) is 0. The summed E-state index contributed by atoms with van der Waals surface area (Å²) in [4.78, 5) is 0. The molecule has 0 heterocycles. The third-order valence-corrected chi connectivity index (χ3v) is 4.80. The summed E-state index contributed by atoms with van der Waals surface area (Å²) < 4.78 is 0. The van der Waals surface area contributed by atoms with Gasteiger partial charge in [-0.05, 0) is 10.8 Å². The standard InChI is InChI=1S/C12H22B11/c1-11(2,3)9(13)7(20-14)8(21(15)16)10(12(4,5)6)22(17)23(18)19/h7-10H,1-6H3. The van der Waals surface area contributed by atoms with Crippen molar-refractivity contribution in [2.45, 2.75) is 64.8 Å². The lowest BCUT2D eigenvalue weighted by Crippen LogP contribution is -2.52. The summed E-state index contributed by atoms with van der Waals surface area (Å²) in [6, 6.07) is 0. The monoisotopic (exact) mass is 287 g/mol. The minimum Gasteiger partial charge on any atom is -0.0887 e. The molecule has 0 aromatic rings. The minimum atomic E-state index is -0.676. The summed E-state index contributed by atoms with van der Waals surface area (Å²) in [6.07, 6.45) is -0.676. The molecule has 0 saturated carbocycles. The Kier molecular flexibility index (Phi) is 9.16. The van der Waals surface area contributed by atoms with E-state index in [1.54, 1.807) is 7.17 Å². The Morgan fingerprint density at radius 3 is 1.48 bits per heavy atom. The van der Waals surface area contributed by atoms with Gasteiger partial charge in [0.15, 0.2) is 0 Å². The van der Waals surface area contributed by atoms with Crippen molar-refractivity contribution in [3.05, 3.63) is 0 Å². The fourth-order valence-corrected chi connectivity index (χ4v) is 3.45. The highest BCUT2D eigenvalue weighted by molar-refractivity contribution is 7.67. The van der Waals surface area contributed by atoms with Crippen LogP contribution in [-0.2, 0) is 0 Å². The maximum absolute atomic E-state index is 6.48. The summed E-state index contributed by atoms with van der Waals surface area (Å²) in [5.74, 6) is -0.804. The molecular formula is C12H22B11. The van der Waals surface area contributed by atoms with Crippen molar-refractivity contribution in [1.29, 1.82) is 0 Å². The molecule has 11 heteroatoms. The zero-order chi connectivity index (χ0) is 18.7. The van der Waals surface area contributed by atoms with Crippen molar-refractivity contribution >= 4 is 80.8 Å². The molecule has 0 aliphatic heterocycles. The molecule has 0 bridgehead atoms. The van der Waals surface area contributed by atoms with Gasteiger partial charge in [0.25, 0.3) is 0 Å². The third kappa shape index (κ3) is 6.50. The maximum atomic E-state index is 6.48. The Bertz CT molecular complexity index is 346. The molecule has 0 aromatic heterocycles. The highest BCUT2D eigenvalue weighted by atomic mass is 14.3. The smallest absolute Gasteiger partial charge is 0.0700 e. The van der Waals surface area contributed by atoms with Gasteiger partial charge >= 0.3 is 0 Å². The zero-order valence-corrected chi connectivity index (χ0v) is 15.7. The van der Waals surface area contributed by atoms with Gasteiger partial charge < -0.3 is 0 Å². The van der Waals surface area contributed by atoms with E-state index in [0.717, 1.165) is 0 Å². The van der Waals surface area contributed by atoms with E-state index in [-0.39, 0.29) is 34.1 Å². The van der Waals surface area contributed by atoms with Crippen LogP contribution < -0.4 is 0 Å². The van der Waals surface area contributed by atoms with Gasteiger partial charge in [-0.3, -0.25) is 0 Å². The van der Waals surface area contributed by atoms with Crippen LogP contribution in [0.2, 0.25) is 23.3 Å². The molecule has 0 spiro atoms. The van der Waals surface area contributed by atoms with E-state index in [1.807, 2.05) is 0 Å². The fourth-order valence-electron chi connectivity index (χ4n) is 3.45. The van der Waals surface area contributed by atoms with Crippen molar-refractivity contribution < 1.29 is 0 Å². The van der Waals surface area contributed by atoms with Gasteiger partial charge in [-0.2, -0.15) is 0 Å². The van der Waals surface area contributed by atoms with Crippen LogP contribution in [0.25, 0.3) is 0 Å². The largest absolute Gasteiger partial charge is 0.0887 e. The summed E-state index contributed by atoms with van der Waals surface area (Å²) in [5, 5.41) is 0. The summed E-state index contributed by atoms with van der Waals surface area (Å²) >= 11 is 0. The van der Waals surface area contributed by atoms with Gasteiger partial charge in [-0.15, -0.1) is 0 Å². The van der Waals surface area contributed by atoms with Crippen molar-refractivity contribution in [2.75, 3.05) is 0 Å². The van der Waals surface area contributed by atoms with Crippen LogP contribution in [0.4, 0.5) is 0 Å². The first-order chi connectivity index (χ1) is 10.2. The van der Waals surface area contributed by atoms with Gasteiger partial charge in [-0.1, -0.05) is 64.8 Å². The SMILES string of the molecule is [B][B]C(C(B([B])[B])C(B([B])B([B])[B])C(C)(C)C)C([B])C(C)(C)C. The first-order valence-corrected chi connectivity index (χ1v) is 8.24. The van der Waals surface area contributed by atoms with Gasteiger partial charge in [0, 0.05) is 65.8 Å². The molecule has 0 fully saturated rings. The van der Waals surface area contributed by atoms with Crippen LogP contribution in [0.3, 0.4) is 0 Å². The van der Waals surface area contributed by atoms with Gasteiger partial charge in [0.1, 0.15) is 0 Å². The van der Waals surface area contributed by atoms with Crippen molar-refractivity contribution in [3.8, 4) is 0 Å². The van der Waals surface area contributed by atoms with Gasteiger partial charge in [0.05, 0.1) is 15.0 Å². The predicted molar refractivity (Wildman–Crippen MR) is 117 cm³/mol. The maximum Gasteiger partial charge on any atom is 0.0700 e. The molecule has 0 aliphatic carbocycles. The lowest BCUT2D eigenvalue weighted by Gasteiger charge is -2.51. The lowest BCUT2D eigenvalue weighted by atomic mass is 8.83. The predicted octanol–water partition coefficient (Wildman–Crippen LogP) is 0.241. The van der Waals surface area contributed by atoms with Crippen LogP contribution in [0.1, 0.15) is 41.5 Å². The number of rotatable bonds is 7. The van der Waals surface area contributed by atoms with E-state index in [2.05, 4.69) is 41.5 Å². The van der Waals surface area contributed by atoms with Crippen LogP contribution in [0, 0.1) is 10.8 Å². The second-order valence-corrected chi connectivity index (χ2v) is 8.86. The first-order valence-electron chi connectivity index (χ1n) is 8.24. The fraction of sp³-hybridized carbons (Fsp3) is 1.00. The molecule has 0 aliphatic rings. The Labute approximate surface area is 156 Å². The van der Waals surface area contributed by atoms with Crippen LogP contribution in [0.15, 0.2) is 0 Å². The Balaban J connectivity index is 5.96. The molecule has 4 atom stereocenters. The van der Waals surface area contributed by atoms with E-state index >= 15 is 0 Å². The van der Waals surface area contributed by atoms with Crippen LogP contribution in [0.5, 0.6) is 0 Å². The summed E-state index contributed by atoms with van der Waals surface area (Å²) in [7, 11) is 44.4. The molecule has 15 radical (unpaired) electrons. The van der Waals surface area contributed by atoms with Gasteiger partial charge in [-0.25, -0.2) is 0 Å². The Hall–Kier alpha value is 0.714. The zero-order valence-electron chi connectivity index (χ0n) is 15.7. The average Bonchev–Trinajstić information content (AvgIpc) is 2.34. The Morgan fingerprint density at radius 1 is 0.826 bits per heavy atom. The molecule has 0 nitrogen and oxygen atoms in total. The second-order valence-electron chi connectivity index (χ2n) is 8.86. The van der Waals surface area contributed by atoms with Crippen LogP contribution in [-0.4, -0.2) is 80.8 Å². The first kappa shape index (κ1) is 23.7. The van der Waals surface area contributed by atoms with E-state index in [4.69, 9.17) is 54.3 Å². The average molecular weight is 285 g/mol. The molecule has 0 aromatic carbocycles. The highest BCUT2D eigenvalue weighted by Gasteiger charge is 2.44. The Morgan fingerprint density at radius 2 is 1.26 bits per heavy atom. The van der Waals surface area contributed by atoms with E-state index < -0.39 is 19.4 Å². The molecule has 0 saturated heterocycles. The highest BCUT2D eigenvalue weighted by Crippen LogP contribution is 2.54. The summed E-state index contributed by atoms with van der Waals surface area (Å²) in [6.45, 7) is 11.3. The van der Waals surface area contributed by atoms with Gasteiger partial charge in [0.2, 0.25) is 0 Å². The number of hydrogen-bond acceptors (Lipinski definition) is 0. The minimum absolute atomic E-state index is 0.138. The quantitative estimate of drug-likeness (QED) is 0.588. The van der Waals surface area contributed by atoms with Crippen molar-refractivity contribution in [1.82, 2.24) is 0 Å². The molecular weight excluding hydrogens is 263 g/mol. The molecule has 0 amide bonds.